The van der Waals surface area contributed by atoms with Gasteiger partial charge in [-0.2, -0.15) is 0 Å². The summed E-state index contributed by atoms with van der Waals surface area (Å²) in [6.07, 6.45) is 2.83. The van der Waals surface area contributed by atoms with E-state index < -0.39 is 11.9 Å². The van der Waals surface area contributed by atoms with Crippen molar-refractivity contribution in [2.24, 2.45) is 0 Å². The molecule has 0 atom stereocenters. The van der Waals surface area contributed by atoms with Crippen molar-refractivity contribution in [1.29, 1.82) is 0 Å². The van der Waals surface area contributed by atoms with Gasteiger partial charge in [0.05, 0.1) is 5.69 Å². The highest BCUT2D eigenvalue weighted by Gasteiger charge is 2.17. The van der Waals surface area contributed by atoms with Gasteiger partial charge in [-0.25, -0.2) is 9.78 Å². The predicted octanol–water partition coefficient (Wildman–Crippen LogP) is 2.32. The van der Waals surface area contributed by atoms with Crippen LogP contribution in [-0.2, 0) is 0 Å². The van der Waals surface area contributed by atoms with Gasteiger partial charge in [0.1, 0.15) is 10.7 Å². The van der Waals surface area contributed by atoms with Crippen LogP contribution in [0.15, 0.2) is 24.5 Å². The molecule has 6 nitrogen and oxygen atoms in total. The first-order chi connectivity index (χ1) is 8.99. The molecule has 0 aliphatic rings. The van der Waals surface area contributed by atoms with Crippen molar-refractivity contribution in [1.82, 2.24) is 9.97 Å². The molecule has 0 fully saturated rings. The number of hydrogen-bond acceptors (Lipinski definition) is 3. The summed E-state index contributed by atoms with van der Waals surface area (Å²) in [5, 5.41) is 11.8. The fourth-order valence-electron chi connectivity index (χ4n) is 1.64. The van der Waals surface area contributed by atoms with Crippen LogP contribution < -0.4 is 5.32 Å². The minimum absolute atomic E-state index is 0.0357. The third-order valence-corrected chi connectivity index (χ3v) is 2.73. The zero-order valence-corrected chi connectivity index (χ0v) is 10.7. The molecule has 2 rings (SSSR count). The zero-order chi connectivity index (χ0) is 14.0. The van der Waals surface area contributed by atoms with E-state index in [0.29, 0.717) is 11.3 Å². The number of carboxylic acid groups (broad SMARTS) is 1. The van der Waals surface area contributed by atoms with Crippen LogP contribution in [0.2, 0.25) is 5.15 Å². The van der Waals surface area contributed by atoms with Crippen molar-refractivity contribution in [3.05, 3.63) is 46.5 Å². The standard InChI is InChI=1S/C12H10ClN3O3/c1-6-10(12(18)19)8(5-15-6)16-11(17)7-2-3-14-9(13)4-7/h2-5,15H,1H3,(H,16,17)(H,18,19). The number of carbonyl (C=O) groups excluding carboxylic acids is 1. The summed E-state index contributed by atoms with van der Waals surface area (Å²) in [5.41, 5.74) is 1.02. The molecule has 0 aliphatic carbocycles. The summed E-state index contributed by atoms with van der Waals surface area (Å²) in [7, 11) is 0. The molecule has 0 saturated carbocycles. The van der Waals surface area contributed by atoms with Crippen LogP contribution in [-0.4, -0.2) is 27.0 Å². The van der Waals surface area contributed by atoms with Crippen molar-refractivity contribution in [2.45, 2.75) is 6.92 Å². The van der Waals surface area contributed by atoms with Gasteiger partial charge in [0.15, 0.2) is 0 Å². The molecule has 0 radical (unpaired) electrons. The van der Waals surface area contributed by atoms with Crippen LogP contribution in [0, 0.1) is 6.92 Å². The molecule has 0 spiro atoms. The molecular weight excluding hydrogens is 270 g/mol. The quantitative estimate of drug-likeness (QED) is 0.751. The molecule has 2 aromatic heterocycles. The predicted molar refractivity (Wildman–Crippen MR) is 69.7 cm³/mol. The molecule has 19 heavy (non-hydrogen) atoms. The number of aromatic amines is 1. The van der Waals surface area contributed by atoms with E-state index in [2.05, 4.69) is 15.3 Å². The highest BCUT2D eigenvalue weighted by atomic mass is 35.5. The number of nitrogens with one attached hydrogen (secondary N) is 2. The van der Waals surface area contributed by atoms with Gasteiger partial charge in [0.25, 0.3) is 5.91 Å². The largest absolute Gasteiger partial charge is 0.478 e. The molecule has 2 aromatic rings. The van der Waals surface area contributed by atoms with Gasteiger partial charge in [-0.15, -0.1) is 0 Å². The second-order valence-corrected chi connectivity index (χ2v) is 4.22. The fourth-order valence-corrected chi connectivity index (χ4v) is 1.81. The molecule has 2 heterocycles. The topological polar surface area (TPSA) is 95.1 Å². The van der Waals surface area contributed by atoms with Crippen LogP contribution in [0.25, 0.3) is 0 Å². The summed E-state index contributed by atoms with van der Waals surface area (Å²) >= 11 is 5.69. The number of hydrogen-bond donors (Lipinski definition) is 3. The van der Waals surface area contributed by atoms with E-state index >= 15 is 0 Å². The zero-order valence-electron chi connectivity index (χ0n) is 9.90. The van der Waals surface area contributed by atoms with Crippen LogP contribution in [0.5, 0.6) is 0 Å². The van der Waals surface area contributed by atoms with Gasteiger partial charge < -0.3 is 15.4 Å². The first-order valence-electron chi connectivity index (χ1n) is 5.33. The Bertz CT molecular complexity index is 651. The van der Waals surface area contributed by atoms with Crippen LogP contribution in [0.3, 0.4) is 0 Å². The SMILES string of the molecule is Cc1[nH]cc(NC(=O)c2ccnc(Cl)c2)c1C(=O)O. The highest BCUT2D eigenvalue weighted by molar-refractivity contribution is 6.29. The van der Waals surface area contributed by atoms with Gasteiger partial charge in [0, 0.05) is 23.7 Å². The van der Waals surface area contributed by atoms with Gasteiger partial charge in [-0.3, -0.25) is 4.79 Å². The number of H-pyrrole nitrogens is 1. The number of pyridine rings is 1. The average Bonchev–Trinajstić information content (AvgIpc) is 2.70. The number of nitrogens with zero attached hydrogens (tertiary/aromatic N) is 1. The number of aromatic carboxylic acids is 1. The third-order valence-electron chi connectivity index (χ3n) is 2.53. The number of carboxylic acids is 1. The Morgan fingerprint density at radius 2 is 2.21 bits per heavy atom. The number of amides is 1. The lowest BCUT2D eigenvalue weighted by Gasteiger charge is -2.05. The van der Waals surface area contributed by atoms with E-state index in [-0.39, 0.29) is 16.4 Å². The number of aromatic nitrogens is 2. The Labute approximate surface area is 113 Å². The first kappa shape index (κ1) is 13.1. The Hall–Kier alpha value is -2.34. The van der Waals surface area contributed by atoms with Crippen molar-refractivity contribution in [3.63, 3.8) is 0 Å². The Morgan fingerprint density at radius 1 is 1.47 bits per heavy atom. The van der Waals surface area contributed by atoms with Gasteiger partial charge in [-0.05, 0) is 19.1 Å². The smallest absolute Gasteiger partial charge is 0.339 e. The van der Waals surface area contributed by atoms with Gasteiger partial charge in [0.2, 0.25) is 0 Å². The third kappa shape index (κ3) is 2.74. The molecule has 1 amide bonds. The lowest BCUT2D eigenvalue weighted by atomic mass is 10.2. The number of anilines is 1. The Kier molecular flexibility index (Phi) is 3.52. The molecule has 98 valence electrons. The number of aryl methyl sites for hydroxylation is 1. The van der Waals surface area contributed by atoms with E-state index in [1.165, 1.54) is 24.5 Å². The van der Waals surface area contributed by atoms with Crippen LogP contribution in [0.4, 0.5) is 5.69 Å². The van der Waals surface area contributed by atoms with Crippen molar-refractivity contribution in [3.8, 4) is 0 Å². The van der Waals surface area contributed by atoms with E-state index in [0.717, 1.165) is 0 Å². The number of carbonyl (C=O) groups is 2. The Morgan fingerprint density at radius 3 is 2.84 bits per heavy atom. The molecule has 0 aliphatic heterocycles. The summed E-state index contributed by atoms with van der Waals surface area (Å²) < 4.78 is 0. The monoisotopic (exact) mass is 279 g/mol. The summed E-state index contributed by atoms with van der Waals surface area (Å²) in [4.78, 5) is 29.5. The van der Waals surface area contributed by atoms with Crippen molar-refractivity contribution >= 4 is 29.2 Å². The minimum Gasteiger partial charge on any atom is -0.478 e. The minimum atomic E-state index is -1.11. The van der Waals surface area contributed by atoms with Gasteiger partial charge >= 0.3 is 5.97 Å². The number of halogens is 1. The lowest BCUT2D eigenvalue weighted by Crippen LogP contribution is -2.14. The second-order valence-electron chi connectivity index (χ2n) is 3.83. The molecule has 0 aromatic carbocycles. The fraction of sp³-hybridized carbons (Fsp3) is 0.0833. The van der Waals surface area contributed by atoms with Gasteiger partial charge in [-0.1, -0.05) is 11.6 Å². The average molecular weight is 280 g/mol. The molecule has 7 heteroatoms. The lowest BCUT2D eigenvalue weighted by molar-refractivity contribution is 0.0697. The maximum absolute atomic E-state index is 11.9. The molecule has 0 saturated heterocycles. The van der Waals surface area contributed by atoms with Crippen molar-refractivity contribution in [2.75, 3.05) is 5.32 Å². The molecular formula is C12H10ClN3O3. The maximum atomic E-state index is 11.9. The summed E-state index contributed by atoms with van der Waals surface area (Å²) in [5.74, 6) is -1.56. The normalized spacial score (nSPS) is 10.2. The molecule has 0 unspecified atom stereocenters. The number of rotatable bonds is 3. The summed E-state index contributed by atoms with van der Waals surface area (Å²) in [6.45, 7) is 1.61. The molecule has 3 N–H and O–H groups in total. The van der Waals surface area contributed by atoms with Crippen LogP contribution >= 0.6 is 11.6 Å². The highest BCUT2D eigenvalue weighted by Crippen LogP contribution is 2.20. The first-order valence-corrected chi connectivity index (χ1v) is 5.71. The van der Waals surface area contributed by atoms with E-state index in [4.69, 9.17) is 16.7 Å². The van der Waals surface area contributed by atoms with E-state index in [1.807, 2.05) is 0 Å². The Balaban J connectivity index is 2.27. The maximum Gasteiger partial charge on any atom is 0.339 e. The summed E-state index contributed by atoms with van der Waals surface area (Å²) in [6, 6.07) is 2.89. The second kappa shape index (κ2) is 5.11. The van der Waals surface area contributed by atoms with E-state index in [1.54, 1.807) is 6.92 Å². The van der Waals surface area contributed by atoms with E-state index in [9.17, 15) is 9.59 Å². The van der Waals surface area contributed by atoms with Crippen LogP contribution in [0.1, 0.15) is 26.4 Å². The van der Waals surface area contributed by atoms with Crippen molar-refractivity contribution < 1.29 is 14.7 Å². The molecule has 0 bridgehead atoms.